The van der Waals surface area contributed by atoms with Gasteiger partial charge in [-0.25, -0.2) is 0 Å². The zero-order valence-electron chi connectivity index (χ0n) is 10.2. The number of carbonyl (C=O) groups excluding carboxylic acids is 1. The van der Waals surface area contributed by atoms with Gasteiger partial charge in [0, 0.05) is 17.5 Å². The maximum absolute atomic E-state index is 12.5. The SMILES string of the molecule is CCN(C(=O)c1ccccc1S)C1CCCC1. The third-order valence-corrected chi connectivity index (χ3v) is 3.89. The summed E-state index contributed by atoms with van der Waals surface area (Å²) < 4.78 is 0. The van der Waals surface area contributed by atoms with Crippen molar-refractivity contribution in [1.82, 2.24) is 4.90 Å². The van der Waals surface area contributed by atoms with Crippen LogP contribution in [0.1, 0.15) is 43.0 Å². The number of benzene rings is 1. The first kappa shape index (κ1) is 12.5. The Labute approximate surface area is 108 Å². The predicted molar refractivity (Wildman–Crippen MR) is 72.7 cm³/mol. The molecule has 3 heteroatoms. The Morgan fingerprint density at radius 1 is 1.35 bits per heavy atom. The number of hydrogen-bond donors (Lipinski definition) is 1. The van der Waals surface area contributed by atoms with Crippen molar-refractivity contribution < 1.29 is 4.79 Å². The van der Waals surface area contributed by atoms with E-state index in [0.717, 1.165) is 29.8 Å². The number of nitrogens with zero attached hydrogens (tertiary/aromatic N) is 1. The van der Waals surface area contributed by atoms with Crippen molar-refractivity contribution in [3.05, 3.63) is 29.8 Å². The number of thiol groups is 1. The zero-order valence-corrected chi connectivity index (χ0v) is 11.1. The van der Waals surface area contributed by atoms with Gasteiger partial charge in [-0.1, -0.05) is 25.0 Å². The molecule has 1 aliphatic rings. The summed E-state index contributed by atoms with van der Waals surface area (Å²) in [5, 5.41) is 0. The van der Waals surface area contributed by atoms with Gasteiger partial charge in [0.15, 0.2) is 0 Å². The molecule has 1 saturated carbocycles. The van der Waals surface area contributed by atoms with E-state index in [1.165, 1.54) is 12.8 Å². The highest BCUT2D eigenvalue weighted by atomic mass is 32.1. The Balaban J connectivity index is 2.20. The van der Waals surface area contributed by atoms with Crippen LogP contribution in [0.5, 0.6) is 0 Å². The second-order valence-corrected chi connectivity index (χ2v) is 5.03. The molecular weight excluding hydrogens is 230 g/mol. The predicted octanol–water partition coefficient (Wildman–Crippen LogP) is 3.38. The number of carbonyl (C=O) groups is 1. The average Bonchev–Trinajstić information content (AvgIpc) is 2.84. The van der Waals surface area contributed by atoms with Gasteiger partial charge in [0.05, 0.1) is 5.56 Å². The molecule has 0 unspecified atom stereocenters. The normalized spacial score (nSPS) is 16.1. The van der Waals surface area contributed by atoms with Crippen molar-refractivity contribution in [2.24, 2.45) is 0 Å². The molecule has 1 fully saturated rings. The van der Waals surface area contributed by atoms with Crippen LogP contribution in [0.4, 0.5) is 0 Å². The van der Waals surface area contributed by atoms with Crippen LogP contribution in [-0.2, 0) is 0 Å². The molecule has 2 nitrogen and oxygen atoms in total. The van der Waals surface area contributed by atoms with Gasteiger partial charge in [-0.05, 0) is 31.9 Å². The lowest BCUT2D eigenvalue weighted by Gasteiger charge is -2.28. The van der Waals surface area contributed by atoms with Gasteiger partial charge in [-0.3, -0.25) is 4.79 Å². The average molecular weight is 249 g/mol. The fourth-order valence-corrected chi connectivity index (χ4v) is 2.85. The van der Waals surface area contributed by atoms with Crippen LogP contribution in [0.2, 0.25) is 0 Å². The van der Waals surface area contributed by atoms with Gasteiger partial charge in [-0.15, -0.1) is 12.6 Å². The number of rotatable bonds is 3. The molecular formula is C14H19NOS. The van der Waals surface area contributed by atoms with E-state index in [4.69, 9.17) is 0 Å². The first-order valence-electron chi connectivity index (χ1n) is 6.33. The Kier molecular flexibility index (Phi) is 4.11. The minimum atomic E-state index is 0.130. The fraction of sp³-hybridized carbons (Fsp3) is 0.500. The fourth-order valence-electron chi connectivity index (χ4n) is 2.59. The number of hydrogen-bond acceptors (Lipinski definition) is 2. The first-order valence-corrected chi connectivity index (χ1v) is 6.77. The highest BCUT2D eigenvalue weighted by molar-refractivity contribution is 7.80. The van der Waals surface area contributed by atoms with E-state index >= 15 is 0 Å². The van der Waals surface area contributed by atoms with Gasteiger partial charge >= 0.3 is 0 Å². The summed E-state index contributed by atoms with van der Waals surface area (Å²) in [5.74, 6) is 0.130. The molecule has 1 aromatic carbocycles. The largest absolute Gasteiger partial charge is 0.336 e. The molecule has 92 valence electrons. The minimum absolute atomic E-state index is 0.130. The maximum Gasteiger partial charge on any atom is 0.255 e. The van der Waals surface area contributed by atoms with Gasteiger partial charge < -0.3 is 4.90 Å². The highest BCUT2D eigenvalue weighted by Crippen LogP contribution is 2.26. The molecule has 1 aromatic rings. The third kappa shape index (κ3) is 2.65. The smallest absolute Gasteiger partial charge is 0.255 e. The van der Waals surface area contributed by atoms with Gasteiger partial charge in [0.1, 0.15) is 0 Å². The van der Waals surface area contributed by atoms with E-state index in [1.54, 1.807) is 0 Å². The molecule has 17 heavy (non-hydrogen) atoms. The summed E-state index contributed by atoms with van der Waals surface area (Å²) in [4.78, 5) is 15.2. The molecule has 0 heterocycles. The topological polar surface area (TPSA) is 20.3 Å². The van der Waals surface area contributed by atoms with Crippen molar-refractivity contribution in [2.75, 3.05) is 6.54 Å². The van der Waals surface area contributed by atoms with Gasteiger partial charge in [-0.2, -0.15) is 0 Å². The Morgan fingerprint density at radius 3 is 2.59 bits per heavy atom. The van der Waals surface area contributed by atoms with Crippen molar-refractivity contribution in [2.45, 2.75) is 43.5 Å². The van der Waals surface area contributed by atoms with Crippen LogP contribution in [0.3, 0.4) is 0 Å². The van der Waals surface area contributed by atoms with E-state index in [1.807, 2.05) is 29.2 Å². The van der Waals surface area contributed by atoms with E-state index in [0.29, 0.717) is 6.04 Å². The molecule has 0 N–H and O–H groups in total. The van der Waals surface area contributed by atoms with E-state index in [9.17, 15) is 4.79 Å². The van der Waals surface area contributed by atoms with Crippen LogP contribution in [-0.4, -0.2) is 23.4 Å². The quantitative estimate of drug-likeness (QED) is 0.814. The monoisotopic (exact) mass is 249 g/mol. The van der Waals surface area contributed by atoms with Crippen LogP contribution in [0.25, 0.3) is 0 Å². The standard InChI is InChI=1S/C14H19NOS/c1-2-15(11-7-3-4-8-11)14(16)12-9-5-6-10-13(12)17/h5-6,9-11,17H,2-4,7-8H2,1H3. The van der Waals surface area contributed by atoms with Crippen molar-refractivity contribution >= 4 is 18.5 Å². The van der Waals surface area contributed by atoms with Crippen molar-refractivity contribution in [3.8, 4) is 0 Å². The van der Waals surface area contributed by atoms with Crippen LogP contribution < -0.4 is 0 Å². The summed E-state index contributed by atoms with van der Waals surface area (Å²) in [6, 6.07) is 7.97. The second-order valence-electron chi connectivity index (χ2n) is 4.55. The summed E-state index contributed by atoms with van der Waals surface area (Å²) in [5.41, 5.74) is 0.726. The molecule has 1 aliphatic carbocycles. The lowest BCUT2D eigenvalue weighted by molar-refractivity contribution is 0.0690. The molecule has 0 radical (unpaired) electrons. The lowest BCUT2D eigenvalue weighted by atomic mass is 10.1. The summed E-state index contributed by atoms with van der Waals surface area (Å²) in [7, 11) is 0. The van der Waals surface area contributed by atoms with Crippen LogP contribution in [0.15, 0.2) is 29.2 Å². The molecule has 0 aliphatic heterocycles. The highest BCUT2D eigenvalue weighted by Gasteiger charge is 2.26. The number of amides is 1. The lowest BCUT2D eigenvalue weighted by Crippen LogP contribution is -2.38. The first-order chi connectivity index (χ1) is 8.24. The zero-order chi connectivity index (χ0) is 12.3. The molecule has 0 saturated heterocycles. The van der Waals surface area contributed by atoms with E-state index < -0.39 is 0 Å². The summed E-state index contributed by atoms with van der Waals surface area (Å²) in [6.07, 6.45) is 4.79. The molecule has 0 aromatic heterocycles. The second kappa shape index (κ2) is 5.58. The Hall–Kier alpha value is -0.960. The van der Waals surface area contributed by atoms with E-state index in [-0.39, 0.29) is 5.91 Å². The maximum atomic E-state index is 12.5. The van der Waals surface area contributed by atoms with Crippen LogP contribution in [0, 0.1) is 0 Å². The third-order valence-electron chi connectivity index (χ3n) is 3.50. The molecule has 0 spiro atoms. The Bertz CT molecular complexity index is 399. The molecule has 0 bridgehead atoms. The van der Waals surface area contributed by atoms with Gasteiger partial charge in [0.25, 0.3) is 5.91 Å². The summed E-state index contributed by atoms with van der Waals surface area (Å²) in [6.45, 7) is 2.84. The van der Waals surface area contributed by atoms with Crippen molar-refractivity contribution in [1.29, 1.82) is 0 Å². The Morgan fingerprint density at radius 2 is 2.00 bits per heavy atom. The summed E-state index contributed by atoms with van der Waals surface area (Å²) >= 11 is 4.37. The van der Waals surface area contributed by atoms with Crippen LogP contribution >= 0.6 is 12.6 Å². The van der Waals surface area contributed by atoms with Crippen molar-refractivity contribution in [3.63, 3.8) is 0 Å². The molecule has 1 amide bonds. The minimum Gasteiger partial charge on any atom is -0.336 e. The molecule has 2 rings (SSSR count). The molecule has 0 atom stereocenters. The van der Waals surface area contributed by atoms with Gasteiger partial charge in [0.2, 0.25) is 0 Å². The van der Waals surface area contributed by atoms with E-state index in [2.05, 4.69) is 19.6 Å².